The fourth-order valence-electron chi connectivity index (χ4n) is 2.28. The molecule has 0 aliphatic rings. The number of amides is 1. The second-order valence-corrected chi connectivity index (χ2v) is 5.67. The van der Waals surface area contributed by atoms with E-state index in [-0.39, 0.29) is 11.3 Å². The fraction of sp³-hybridized carbons (Fsp3) is 0.0526. The largest absolute Gasteiger partial charge is 0.507 e. The van der Waals surface area contributed by atoms with Crippen molar-refractivity contribution in [1.29, 1.82) is 0 Å². The van der Waals surface area contributed by atoms with Crippen LogP contribution in [0.1, 0.15) is 16.1 Å². The maximum Gasteiger partial charge on any atom is 0.275 e. The third-order valence-corrected chi connectivity index (χ3v) is 3.87. The summed E-state index contributed by atoms with van der Waals surface area (Å²) in [6.07, 6.45) is 1.37. The Morgan fingerprint density at radius 1 is 1.23 bits per heavy atom. The molecule has 1 heterocycles. The van der Waals surface area contributed by atoms with E-state index in [0.29, 0.717) is 22.3 Å². The van der Waals surface area contributed by atoms with Gasteiger partial charge in [0.2, 0.25) is 0 Å². The minimum absolute atomic E-state index is 0.114. The monoisotopic (exact) mass is 370 g/mol. The Hall–Kier alpha value is -3.25. The molecule has 1 amide bonds. The number of hydrazone groups is 1. The van der Waals surface area contributed by atoms with E-state index < -0.39 is 5.91 Å². The van der Waals surface area contributed by atoms with Crippen LogP contribution < -0.4 is 10.2 Å². The van der Waals surface area contributed by atoms with E-state index in [2.05, 4.69) is 10.5 Å². The topological polar surface area (TPSA) is 84.1 Å². The Labute approximate surface area is 154 Å². The van der Waals surface area contributed by atoms with Crippen molar-refractivity contribution >= 4 is 23.7 Å². The van der Waals surface area contributed by atoms with E-state index in [1.165, 1.54) is 18.3 Å². The van der Waals surface area contributed by atoms with Crippen LogP contribution in [0.4, 0.5) is 0 Å². The molecule has 2 N–H and O–H groups in total. The molecule has 1 aromatic heterocycles. The van der Waals surface area contributed by atoms with Crippen molar-refractivity contribution in [3.05, 3.63) is 70.9 Å². The number of phenolic OH excluding ortho intramolecular Hbond substituents is 1. The van der Waals surface area contributed by atoms with Crippen LogP contribution in [0.25, 0.3) is 11.3 Å². The van der Waals surface area contributed by atoms with Crippen molar-refractivity contribution in [2.75, 3.05) is 7.11 Å². The summed E-state index contributed by atoms with van der Waals surface area (Å²) in [5, 5.41) is 13.9. The Bertz CT molecular complexity index is 966. The molecule has 2 aromatic carbocycles. The molecule has 0 unspecified atom stereocenters. The smallest absolute Gasteiger partial charge is 0.275 e. The first-order valence-corrected chi connectivity index (χ1v) is 8.01. The molecule has 0 saturated carbocycles. The van der Waals surface area contributed by atoms with E-state index in [1.54, 1.807) is 43.5 Å². The van der Waals surface area contributed by atoms with Crippen molar-refractivity contribution < 1.29 is 19.1 Å². The van der Waals surface area contributed by atoms with Gasteiger partial charge in [0.25, 0.3) is 5.91 Å². The minimum atomic E-state index is -0.520. The number of rotatable bonds is 5. The molecule has 0 aliphatic carbocycles. The number of para-hydroxylation sites is 1. The Balaban J connectivity index is 1.68. The number of halogens is 1. The van der Waals surface area contributed by atoms with Gasteiger partial charge in [0, 0.05) is 5.56 Å². The number of methoxy groups -OCH3 is 1. The van der Waals surface area contributed by atoms with Gasteiger partial charge in [-0.15, -0.1) is 0 Å². The summed E-state index contributed by atoms with van der Waals surface area (Å²) in [6, 6.07) is 15.0. The molecule has 0 aliphatic heterocycles. The fourth-order valence-corrected chi connectivity index (χ4v) is 2.54. The van der Waals surface area contributed by atoms with Crippen molar-refractivity contribution in [3.63, 3.8) is 0 Å². The molecule has 0 fully saturated rings. The molecule has 3 aromatic rings. The maximum absolute atomic E-state index is 11.9. The molecule has 7 heteroatoms. The highest BCUT2D eigenvalue weighted by Crippen LogP contribution is 2.30. The number of nitrogens with one attached hydrogen (secondary N) is 1. The number of aromatic hydroxyl groups is 1. The number of hydrogen-bond acceptors (Lipinski definition) is 5. The molecule has 6 nitrogen and oxygen atoms in total. The lowest BCUT2D eigenvalue weighted by molar-refractivity contribution is 0.0952. The number of benzene rings is 2. The van der Waals surface area contributed by atoms with Gasteiger partial charge in [-0.2, -0.15) is 5.10 Å². The van der Waals surface area contributed by atoms with Crippen molar-refractivity contribution in [2.45, 2.75) is 0 Å². The normalized spacial score (nSPS) is 10.8. The lowest BCUT2D eigenvalue weighted by atomic mass is 10.2. The summed E-state index contributed by atoms with van der Waals surface area (Å²) in [4.78, 5) is 11.9. The molecule has 0 bridgehead atoms. The molecule has 0 saturated heterocycles. The molecular weight excluding hydrogens is 356 g/mol. The number of nitrogens with zero attached hydrogens (tertiary/aromatic N) is 1. The summed E-state index contributed by atoms with van der Waals surface area (Å²) in [7, 11) is 1.55. The van der Waals surface area contributed by atoms with Crippen molar-refractivity contribution in [1.82, 2.24) is 5.43 Å². The van der Waals surface area contributed by atoms with Crippen LogP contribution in [0.15, 0.2) is 64.1 Å². The van der Waals surface area contributed by atoms with E-state index in [4.69, 9.17) is 20.8 Å². The first-order valence-electron chi connectivity index (χ1n) is 7.63. The zero-order valence-electron chi connectivity index (χ0n) is 13.8. The Kier molecular flexibility index (Phi) is 5.24. The summed E-state index contributed by atoms with van der Waals surface area (Å²) < 4.78 is 10.8. The third kappa shape index (κ3) is 3.87. The molecule has 0 radical (unpaired) electrons. The number of carbonyl (C=O) groups excluding carboxylic acids is 1. The van der Waals surface area contributed by atoms with E-state index in [0.717, 1.165) is 5.56 Å². The molecule has 132 valence electrons. The van der Waals surface area contributed by atoms with Crippen LogP contribution in [0.2, 0.25) is 5.02 Å². The average Bonchev–Trinajstić information content (AvgIpc) is 3.11. The molecule has 26 heavy (non-hydrogen) atoms. The van der Waals surface area contributed by atoms with Gasteiger partial charge in [-0.05, 0) is 42.5 Å². The summed E-state index contributed by atoms with van der Waals surface area (Å²) in [5.41, 5.74) is 3.26. The number of carbonyl (C=O) groups is 1. The van der Waals surface area contributed by atoms with Crippen molar-refractivity contribution in [2.24, 2.45) is 5.10 Å². The van der Waals surface area contributed by atoms with E-state index in [1.807, 2.05) is 6.07 Å². The SMILES string of the molecule is COc1ccc(-c2ccc(/C=N\NC(=O)c3ccccc3O)o2)cc1Cl. The quantitative estimate of drug-likeness (QED) is 0.523. The Morgan fingerprint density at radius 2 is 2.04 bits per heavy atom. The highest BCUT2D eigenvalue weighted by atomic mass is 35.5. The third-order valence-electron chi connectivity index (χ3n) is 3.57. The standard InChI is InChI=1S/C19H15ClN2O4/c1-25-18-8-6-12(10-15(18)20)17-9-7-13(26-17)11-21-22-19(24)14-4-2-3-5-16(14)23/h2-11,23H,1H3,(H,22,24)/b21-11-. The van der Waals surface area contributed by atoms with Gasteiger partial charge in [-0.3, -0.25) is 4.79 Å². The zero-order valence-corrected chi connectivity index (χ0v) is 14.5. The first-order chi connectivity index (χ1) is 12.6. The number of hydrogen-bond donors (Lipinski definition) is 2. The number of phenols is 1. The van der Waals surface area contributed by atoms with Gasteiger partial charge < -0.3 is 14.3 Å². The zero-order chi connectivity index (χ0) is 18.5. The van der Waals surface area contributed by atoms with Crippen LogP contribution in [-0.2, 0) is 0 Å². The van der Waals surface area contributed by atoms with Crippen LogP contribution in [0.3, 0.4) is 0 Å². The minimum Gasteiger partial charge on any atom is -0.507 e. The lowest BCUT2D eigenvalue weighted by Gasteiger charge is -2.04. The van der Waals surface area contributed by atoms with Crippen molar-refractivity contribution in [3.8, 4) is 22.8 Å². The average molecular weight is 371 g/mol. The van der Waals surface area contributed by atoms with E-state index >= 15 is 0 Å². The van der Waals surface area contributed by atoms with Crippen LogP contribution in [-0.4, -0.2) is 24.3 Å². The highest BCUT2D eigenvalue weighted by Gasteiger charge is 2.09. The number of furan rings is 1. The second kappa shape index (κ2) is 7.76. The van der Waals surface area contributed by atoms with Crippen LogP contribution in [0, 0.1) is 0 Å². The van der Waals surface area contributed by atoms with Crippen LogP contribution in [0.5, 0.6) is 11.5 Å². The van der Waals surface area contributed by atoms with Gasteiger partial charge in [0.05, 0.1) is 23.9 Å². The summed E-state index contributed by atoms with van der Waals surface area (Å²) in [5.74, 6) is 0.994. The molecule has 0 atom stereocenters. The second-order valence-electron chi connectivity index (χ2n) is 5.27. The molecular formula is C19H15ClN2O4. The molecule has 0 spiro atoms. The molecule has 3 rings (SSSR count). The van der Waals surface area contributed by atoms with Crippen LogP contribution >= 0.6 is 11.6 Å². The maximum atomic E-state index is 11.9. The lowest BCUT2D eigenvalue weighted by Crippen LogP contribution is -2.17. The summed E-state index contributed by atoms with van der Waals surface area (Å²) >= 11 is 6.11. The van der Waals surface area contributed by atoms with Gasteiger partial charge in [-0.1, -0.05) is 23.7 Å². The Morgan fingerprint density at radius 3 is 2.77 bits per heavy atom. The van der Waals surface area contributed by atoms with Gasteiger partial charge in [0.15, 0.2) is 0 Å². The summed E-state index contributed by atoms with van der Waals surface area (Å²) in [6.45, 7) is 0. The number of ether oxygens (including phenoxy) is 1. The van der Waals surface area contributed by atoms with Gasteiger partial charge in [0.1, 0.15) is 23.0 Å². The predicted molar refractivity (Wildman–Crippen MR) is 98.9 cm³/mol. The van der Waals surface area contributed by atoms with E-state index in [9.17, 15) is 9.90 Å². The first kappa shape index (κ1) is 17.6. The van der Waals surface area contributed by atoms with Gasteiger partial charge in [-0.25, -0.2) is 5.43 Å². The van der Waals surface area contributed by atoms with Gasteiger partial charge >= 0.3 is 0 Å². The predicted octanol–water partition coefficient (Wildman–Crippen LogP) is 4.08. The highest BCUT2D eigenvalue weighted by molar-refractivity contribution is 6.32.